The number of rotatable bonds is 5. The molecule has 5 heteroatoms. The number of halogens is 1. The summed E-state index contributed by atoms with van der Waals surface area (Å²) in [6, 6.07) is 2.12. The standard InChI is InChI=1S/C13H17ClN2S2/c1-4-5-6-17-13-15-11(14)9-7-10(8(2)3)18-12(9)16-13/h7-8H,4-6H2,1-3H3. The fourth-order valence-electron chi connectivity index (χ4n) is 1.54. The molecule has 0 atom stereocenters. The van der Waals surface area contributed by atoms with E-state index in [1.165, 1.54) is 17.7 Å². The predicted molar refractivity (Wildman–Crippen MR) is 82.1 cm³/mol. The van der Waals surface area contributed by atoms with Crippen molar-refractivity contribution in [1.29, 1.82) is 0 Å². The molecule has 0 bridgehead atoms. The van der Waals surface area contributed by atoms with Crippen molar-refractivity contribution < 1.29 is 0 Å². The van der Waals surface area contributed by atoms with Gasteiger partial charge >= 0.3 is 0 Å². The molecule has 18 heavy (non-hydrogen) atoms. The second kappa shape index (κ2) is 6.22. The number of nitrogens with zero attached hydrogens (tertiary/aromatic N) is 2. The van der Waals surface area contributed by atoms with Crippen molar-refractivity contribution in [2.24, 2.45) is 0 Å². The van der Waals surface area contributed by atoms with Crippen LogP contribution in [-0.2, 0) is 0 Å². The van der Waals surface area contributed by atoms with Crippen molar-refractivity contribution in [3.8, 4) is 0 Å². The van der Waals surface area contributed by atoms with Crippen LogP contribution in [0.25, 0.3) is 10.2 Å². The maximum Gasteiger partial charge on any atom is 0.190 e. The van der Waals surface area contributed by atoms with Gasteiger partial charge < -0.3 is 0 Å². The molecule has 2 nitrogen and oxygen atoms in total. The van der Waals surface area contributed by atoms with Gasteiger partial charge in [0.2, 0.25) is 0 Å². The second-order valence-corrected chi connectivity index (χ2v) is 7.00. The Kier molecular flexibility index (Phi) is 4.87. The summed E-state index contributed by atoms with van der Waals surface area (Å²) in [6.07, 6.45) is 2.38. The van der Waals surface area contributed by atoms with E-state index in [0.29, 0.717) is 11.1 Å². The number of fused-ring (bicyclic) bond motifs is 1. The molecule has 0 aliphatic heterocycles. The van der Waals surface area contributed by atoms with Gasteiger partial charge in [-0.2, -0.15) is 0 Å². The smallest absolute Gasteiger partial charge is 0.190 e. The first-order valence-corrected chi connectivity index (χ1v) is 8.39. The third-order valence-corrected chi connectivity index (χ3v) is 5.19. The molecule has 98 valence electrons. The largest absolute Gasteiger partial charge is 0.211 e. The van der Waals surface area contributed by atoms with Crippen molar-refractivity contribution in [2.45, 2.75) is 44.7 Å². The van der Waals surface area contributed by atoms with E-state index >= 15 is 0 Å². The fourth-order valence-corrected chi connectivity index (χ4v) is 3.89. The molecule has 0 aliphatic carbocycles. The molecule has 0 saturated carbocycles. The third-order valence-electron chi connectivity index (χ3n) is 2.64. The lowest BCUT2D eigenvalue weighted by Crippen LogP contribution is -1.88. The van der Waals surface area contributed by atoms with E-state index in [0.717, 1.165) is 21.1 Å². The average molecular weight is 301 g/mol. The quantitative estimate of drug-likeness (QED) is 0.322. The van der Waals surface area contributed by atoms with Crippen molar-refractivity contribution in [3.63, 3.8) is 0 Å². The first kappa shape index (κ1) is 14.1. The Labute approximate surface area is 121 Å². The fraction of sp³-hybridized carbons (Fsp3) is 0.538. The lowest BCUT2D eigenvalue weighted by Gasteiger charge is -2.00. The topological polar surface area (TPSA) is 25.8 Å². The van der Waals surface area contributed by atoms with E-state index in [4.69, 9.17) is 11.6 Å². The molecule has 2 aromatic rings. The molecule has 0 amide bonds. The minimum atomic E-state index is 0.511. The van der Waals surface area contributed by atoms with Crippen LogP contribution in [0.2, 0.25) is 5.15 Å². The van der Waals surface area contributed by atoms with Crippen LogP contribution in [0.5, 0.6) is 0 Å². The first-order valence-electron chi connectivity index (χ1n) is 6.21. The number of hydrogen-bond acceptors (Lipinski definition) is 4. The van der Waals surface area contributed by atoms with E-state index in [1.807, 2.05) is 0 Å². The number of hydrogen-bond donors (Lipinski definition) is 0. The Bertz CT molecular complexity index is 537. The zero-order valence-corrected chi connectivity index (χ0v) is 13.3. The molecule has 2 aromatic heterocycles. The summed E-state index contributed by atoms with van der Waals surface area (Å²) in [5.41, 5.74) is 0. The number of unbranched alkanes of at least 4 members (excludes halogenated alkanes) is 1. The molecule has 0 aliphatic rings. The molecule has 0 saturated heterocycles. The molecular formula is C13H17ClN2S2. The molecule has 2 rings (SSSR count). The SMILES string of the molecule is CCCCSc1nc(Cl)c2cc(C(C)C)sc2n1. The lowest BCUT2D eigenvalue weighted by atomic mass is 10.2. The summed E-state index contributed by atoms with van der Waals surface area (Å²) >= 11 is 9.65. The highest BCUT2D eigenvalue weighted by Crippen LogP contribution is 2.34. The summed E-state index contributed by atoms with van der Waals surface area (Å²) in [5, 5.41) is 2.38. The molecule has 0 unspecified atom stereocenters. The summed E-state index contributed by atoms with van der Waals surface area (Å²) in [7, 11) is 0. The van der Waals surface area contributed by atoms with Crippen LogP contribution in [0.1, 0.15) is 44.4 Å². The van der Waals surface area contributed by atoms with E-state index in [1.54, 1.807) is 23.1 Å². The zero-order valence-electron chi connectivity index (χ0n) is 10.9. The van der Waals surface area contributed by atoms with Gasteiger partial charge in [0.05, 0.1) is 0 Å². The summed E-state index contributed by atoms with van der Waals surface area (Å²) in [4.78, 5) is 11.3. The minimum absolute atomic E-state index is 0.511. The minimum Gasteiger partial charge on any atom is -0.211 e. The van der Waals surface area contributed by atoms with Crippen LogP contribution in [-0.4, -0.2) is 15.7 Å². The van der Waals surface area contributed by atoms with Gasteiger partial charge in [-0.15, -0.1) is 11.3 Å². The van der Waals surface area contributed by atoms with Crippen LogP contribution in [0.3, 0.4) is 0 Å². The molecule has 0 fully saturated rings. The lowest BCUT2D eigenvalue weighted by molar-refractivity contribution is 0.890. The molecule has 0 spiro atoms. The Morgan fingerprint density at radius 1 is 1.39 bits per heavy atom. The number of thioether (sulfide) groups is 1. The van der Waals surface area contributed by atoms with Gasteiger partial charge in [-0.3, -0.25) is 0 Å². The van der Waals surface area contributed by atoms with Gasteiger partial charge in [0, 0.05) is 16.0 Å². The molecule has 0 aromatic carbocycles. The molecule has 0 radical (unpaired) electrons. The Morgan fingerprint density at radius 3 is 2.83 bits per heavy atom. The van der Waals surface area contributed by atoms with Crippen molar-refractivity contribution >= 4 is 44.9 Å². The highest BCUT2D eigenvalue weighted by Gasteiger charge is 2.12. The zero-order chi connectivity index (χ0) is 13.1. The van der Waals surface area contributed by atoms with Gasteiger partial charge in [-0.05, 0) is 18.4 Å². The monoisotopic (exact) mass is 300 g/mol. The Morgan fingerprint density at radius 2 is 2.17 bits per heavy atom. The third kappa shape index (κ3) is 3.16. The van der Waals surface area contributed by atoms with E-state index in [-0.39, 0.29) is 0 Å². The first-order chi connectivity index (χ1) is 8.61. The number of aromatic nitrogens is 2. The summed E-state index contributed by atoms with van der Waals surface area (Å²) in [6.45, 7) is 6.55. The van der Waals surface area contributed by atoms with Crippen molar-refractivity contribution in [1.82, 2.24) is 9.97 Å². The van der Waals surface area contributed by atoms with Crippen molar-refractivity contribution in [3.05, 3.63) is 16.1 Å². The summed E-state index contributed by atoms with van der Waals surface area (Å²) < 4.78 is 0. The van der Waals surface area contributed by atoms with Gasteiger partial charge in [0.15, 0.2) is 5.16 Å². The van der Waals surface area contributed by atoms with Crippen LogP contribution in [0, 0.1) is 0 Å². The van der Waals surface area contributed by atoms with Crippen molar-refractivity contribution in [2.75, 3.05) is 5.75 Å². The Hall–Kier alpha value is -0.320. The van der Waals surface area contributed by atoms with Gasteiger partial charge in [0.1, 0.15) is 9.98 Å². The highest BCUT2D eigenvalue weighted by atomic mass is 35.5. The van der Waals surface area contributed by atoms with Crippen LogP contribution in [0.15, 0.2) is 11.2 Å². The van der Waals surface area contributed by atoms with Crippen LogP contribution >= 0.6 is 34.7 Å². The molecular weight excluding hydrogens is 284 g/mol. The Balaban J connectivity index is 2.30. The maximum atomic E-state index is 6.24. The molecule has 0 N–H and O–H groups in total. The van der Waals surface area contributed by atoms with E-state index in [9.17, 15) is 0 Å². The highest BCUT2D eigenvalue weighted by molar-refractivity contribution is 7.99. The van der Waals surface area contributed by atoms with Gasteiger partial charge in [-0.1, -0.05) is 50.6 Å². The predicted octanol–water partition coefficient (Wildman–Crippen LogP) is 5.36. The van der Waals surface area contributed by atoms with Crippen LogP contribution < -0.4 is 0 Å². The van der Waals surface area contributed by atoms with E-state index in [2.05, 4.69) is 36.8 Å². The summed E-state index contributed by atoms with van der Waals surface area (Å²) in [5.74, 6) is 1.57. The van der Waals surface area contributed by atoms with E-state index < -0.39 is 0 Å². The normalized spacial score (nSPS) is 11.6. The van der Waals surface area contributed by atoms with Gasteiger partial charge in [0.25, 0.3) is 0 Å². The average Bonchev–Trinajstić information content (AvgIpc) is 2.74. The number of thiophene rings is 1. The maximum absolute atomic E-state index is 6.24. The van der Waals surface area contributed by atoms with Gasteiger partial charge in [-0.25, -0.2) is 9.97 Å². The molecule has 2 heterocycles. The van der Waals surface area contributed by atoms with Crippen LogP contribution in [0.4, 0.5) is 0 Å². The second-order valence-electron chi connectivity index (χ2n) is 4.52.